The highest BCUT2D eigenvalue weighted by Crippen LogP contribution is 1.90. The molecule has 1 nitrogen and oxygen atoms in total. The van der Waals surface area contributed by atoms with E-state index in [-0.39, 0.29) is 6.52 Å². The fourth-order valence-electron chi connectivity index (χ4n) is 0.456. The quantitative estimate of drug-likeness (QED) is 0.437. The monoisotopic (exact) mass is 73.1 g/mol. The molecule has 5 heavy (non-hydrogen) atoms. The van der Waals surface area contributed by atoms with Gasteiger partial charge in [0.1, 0.15) is 1.41 Å². The Kier molecular flexibility index (Phi) is 0.453. The van der Waals surface area contributed by atoms with E-state index < -0.39 is 0 Å². The van der Waals surface area contributed by atoms with Crippen molar-refractivity contribution >= 4 is 0 Å². The van der Waals surface area contributed by atoms with Crippen LogP contribution in [0.3, 0.4) is 0 Å². The minimum absolute atomic E-state index is 0.236. The lowest BCUT2D eigenvalue weighted by molar-refractivity contribution is 0.857. The molecule has 1 aliphatic heterocycles. The molecule has 1 N–H and O–H groups in total. The van der Waals surface area contributed by atoms with Gasteiger partial charge in [0.25, 0.3) is 0 Å². The molecule has 1 unspecified atom stereocenters. The van der Waals surface area contributed by atoms with Crippen molar-refractivity contribution in [1.29, 1.82) is 0 Å². The van der Waals surface area contributed by atoms with Gasteiger partial charge < -0.3 is 5.31 Å². The van der Waals surface area contributed by atoms with E-state index in [1.54, 1.807) is 0 Å². The van der Waals surface area contributed by atoms with Crippen LogP contribution in [0.1, 0.15) is 14.2 Å². The molecule has 0 amide bonds. The molecule has 1 aliphatic rings. The Balaban J connectivity index is 2.33. The number of hydrogen-bond acceptors (Lipinski definition) is 1. The normalized spacial score (nSPS) is 48.4. The van der Waals surface area contributed by atoms with Crippen molar-refractivity contribution in [1.82, 2.24) is 5.31 Å². The van der Waals surface area contributed by atoms with Gasteiger partial charge in [-0.2, -0.15) is 0 Å². The molecule has 1 fully saturated rings. The van der Waals surface area contributed by atoms with Crippen LogP contribution >= 0.6 is 0 Å². The van der Waals surface area contributed by atoms with Crippen molar-refractivity contribution < 1.29 is 2.78 Å². The molecule has 1 heteroatoms. The van der Waals surface area contributed by atoms with E-state index in [0.717, 1.165) is 19.4 Å². The first-order valence-corrected chi connectivity index (χ1v) is 1.98. The lowest BCUT2D eigenvalue weighted by Gasteiger charge is -1.76. The fourth-order valence-corrected chi connectivity index (χ4v) is 0.456. The predicted octanol–water partition coefficient (Wildman–Crippen LogP) is 0.370. The summed E-state index contributed by atoms with van der Waals surface area (Å²) in [4.78, 5) is 0. The zero-order valence-corrected chi connectivity index (χ0v) is 3.15. The Hall–Kier alpha value is -0.0400. The smallest absolute Gasteiger partial charge is 0.122 e. The molecule has 0 spiro atoms. The van der Waals surface area contributed by atoms with Crippen molar-refractivity contribution in [3.63, 3.8) is 0 Å². The van der Waals surface area contributed by atoms with E-state index >= 15 is 0 Å². The van der Waals surface area contributed by atoms with Crippen LogP contribution < -0.4 is 5.31 Å². The lowest BCUT2D eigenvalue weighted by atomic mass is 10.4. The van der Waals surface area contributed by atoms with Crippen LogP contribution in [-0.2, 0) is 0 Å². The summed E-state index contributed by atoms with van der Waals surface area (Å²) >= 11 is 0. The first-order valence-electron chi connectivity index (χ1n) is 3.01. The van der Waals surface area contributed by atoms with Crippen molar-refractivity contribution in [3.8, 4) is 0 Å². The summed E-state index contributed by atoms with van der Waals surface area (Å²) in [5.74, 6) is 0. The molecule has 0 bridgehead atoms. The van der Waals surface area contributed by atoms with Crippen molar-refractivity contribution in [3.05, 3.63) is 0 Å². The first kappa shape index (κ1) is 1.61. The number of rotatable bonds is 0. The van der Waals surface area contributed by atoms with Gasteiger partial charge in [0, 0.05) is 1.37 Å². The molecule has 0 aliphatic carbocycles. The summed E-state index contributed by atoms with van der Waals surface area (Å²) in [7, 11) is 0. The van der Waals surface area contributed by atoms with Crippen LogP contribution in [0.25, 0.3) is 0 Å². The third-order valence-corrected chi connectivity index (χ3v) is 0.750. The fraction of sp³-hybridized carbons (Fsp3) is 1.00. The topological polar surface area (TPSA) is 12.0 Å². The Morgan fingerprint density at radius 3 is 3.00 bits per heavy atom. The lowest BCUT2D eigenvalue weighted by Crippen LogP contribution is -2.03. The zero-order valence-electron chi connectivity index (χ0n) is 5.15. The van der Waals surface area contributed by atoms with Gasteiger partial charge in [0.2, 0.25) is 0 Å². The summed E-state index contributed by atoms with van der Waals surface area (Å²) in [5.41, 5.74) is 0. The molecule has 1 rings (SSSR count). The minimum atomic E-state index is -0.236. The van der Waals surface area contributed by atoms with Crippen LogP contribution in [0.2, 0.25) is 1.41 Å². The maximum absolute atomic E-state index is 7.08. The minimum Gasteiger partial charge on any atom is -0.317 e. The highest BCUT2D eigenvalue weighted by atomic mass is 14.9. The van der Waals surface area contributed by atoms with Crippen LogP contribution in [0.5, 0.6) is 0 Å². The van der Waals surface area contributed by atoms with E-state index in [9.17, 15) is 0 Å². The highest BCUT2D eigenvalue weighted by molar-refractivity contribution is 4.55. The molecular weight excluding hydrogens is 62.1 g/mol. The summed E-state index contributed by atoms with van der Waals surface area (Å²) < 4.78 is 14.1. The van der Waals surface area contributed by atoms with E-state index in [1.165, 1.54) is 5.31 Å². The second-order valence-electron chi connectivity index (χ2n) is 1.23. The summed E-state index contributed by atoms with van der Waals surface area (Å²) in [5, 5.41) is 1.32. The molecule has 0 aromatic rings. The zero-order chi connectivity index (χ0) is 5.28. The number of nitrogens with one attached hydrogen (secondary N) is 1. The van der Waals surface area contributed by atoms with Crippen LogP contribution in [-0.4, -0.2) is 13.1 Å². The predicted molar refractivity (Wildman–Crippen MR) is 22.1 cm³/mol. The van der Waals surface area contributed by atoms with Gasteiger partial charge in [-0.25, -0.2) is 0 Å². The van der Waals surface area contributed by atoms with Gasteiger partial charge in [-0.3, -0.25) is 0 Å². The highest BCUT2D eigenvalue weighted by Gasteiger charge is 1.93. The Bertz CT molecular complexity index is 58.7. The average molecular weight is 73.1 g/mol. The number of hydrogen-bond donors (Lipinski definition) is 1. The standard InChI is InChI=1S/C4H9N/c1-2-4-5-3-1/h5H,1-4H2/i3D/hD. The molecule has 1 saturated heterocycles. The molecule has 0 radical (unpaired) electrons. The third kappa shape index (κ3) is 0.618. The summed E-state index contributed by atoms with van der Waals surface area (Å²) in [6.07, 6.45) is 1.90. The van der Waals surface area contributed by atoms with Gasteiger partial charge in [-0.05, 0) is 25.9 Å². The van der Waals surface area contributed by atoms with Crippen molar-refractivity contribution in [2.45, 2.75) is 12.8 Å². The van der Waals surface area contributed by atoms with E-state index in [1.807, 2.05) is 0 Å². The molecule has 0 aromatic carbocycles. The van der Waals surface area contributed by atoms with Gasteiger partial charge in [0.05, 0.1) is 0 Å². The van der Waals surface area contributed by atoms with Gasteiger partial charge in [-0.1, -0.05) is 0 Å². The molecule has 0 saturated carbocycles. The van der Waals surface area contributed by atoms with Gasteiger partial charge in [0.15, 0.2) is 0 Å². The molecular formula is C4H9N. The van der Waals surface area contributed by atoms with Crippen LogP contribution in [0.4, 0.5) is 0 Å². The maximum atomic E-state index is 7.08. The second-order valence-corrected chi connectivity index (χ2v) is 1.23. The maximum Gasteiger partial charge on any atom is 0.122 e. The molecule has 30 valence electrons. The average Bonchev–Trinajstić information content (AvgIpc) is 1.91. The van der Waals surface area contributed by atoms with Crippen molar-refractivity contribution in [2.75, 3.05) is 13.1 Å². The summed E-state index contributed by atoms with van der Waals surface area (Å²) in [6, 6.07) is 0. The third-order valence-electron chi connectivity index (χ3n) is 0.750. The summed E-state index contributed by atoms with van der Waals surface area (Å²) in [6.45, 7) is 0.550. The second kappa shape index (κ2) is 1.41. The Labute approximate surface area is 35.2 Å². The Morgan fingerprint density at radius 1 is 1.80 bits per heavy atom. The molecule has 0 aromatic heterocycles. The molecule has 1 heterocycles. The van der Waals surface area contributed by atoms with Crippen molar-refractivity contribution in [2.24, 2.45) is 0 Å². The van der Waals surface area contributed by atoms with Crippen LogP contribution in [0, 0.1) is 0 Å². The largest absolute Gasteiger partial charge is 0.317 e. The van der Waals surface area contributed by atoms with E-state index in [0.29, 0.717) is 0 Å². The van der Waals surface area contributed by atoms with E-state index in [2.05, 4.69) is 0 Å². The SMILES string of the molecule is [2H]C1CCCN1[2H]. The Morgan fingerprint density at radius 2 is 2.80 bits per heavy atom. The molecule has 1 atom stereocenters. The van der Waals surface area contributed by atoms with E-state index in [4.69, 9.17) is 2.78 Å². The van der Waals surface area contributed by atoms with Gasteiger partial charge in [-0.15, -0.1) is 0 Å². The van der Waals surface area contributed by atoms with Crippen LogP contribution in [0.15, 0.2) is 0 Å². The van der Waals surface area contributed by atoms with Gasteiger partial charge >= 0.3 is 0 Å². The first-order chi connectivity index (χ1) is 3.30.